The number of para-hydroxylation sites is 1. The van der Waals surface area contributed by atoms with Gasteiger partial charge in [0.2, 0.25) is 0 Å². The second-order valence-electron chi connectivity index (χ2n) is 7.08. The van der Waals surface area contributed by atoms with Crippen LogP contribution in [0.1, 0.15) is 12.5 Å². The molecule has 2 aromatic carbocycles. The van der Waals surface area contributed by atoms with Gasteiger partial charge in [-0.2, -0.15) is 5.26 Å². The Labute approximate surface area is 199 Å². The number of thiazole rings is 1. The largest absolute Gasteiger partial charge is 0.494 e. The number of carbonyl (C=O) groups is 1. The van der Waals surface area contributed by atoms with E-state index < -0.39 is 5.91 Å². The second-order valence-corrected chi connectivity index (χ2v) is 8.11. The number of amides is 1. The van der Waals surface area contributed by atoms with Gasteiger partial charge in [0.15, 0.2) is 5.57 Å². The highest BCUT2D eigenvalue weighted by atomic mass is 32.1. The molecule has 0 fully saturated rings. The Morgan fingerprint density at radius 1 is 1.15 bits per heavy atom. The van der Waals surface area contributed by atoms with E-state index in [1.807, 2.05) is 25.1 Å². The Morgan fingerprint density at radius 2 is 1.91 bits per heavy atom. The maximum atomic E-state index is 13.3. The molecular weight excluding hydrogens is 448 g/mol. The molecule has 0 saturated carbocycles. The molecule has 2 heterocycles. The van der Waals surface area contributed by atoms with Crippen LogP contribution in [0.2, 0.25) is 0 Å². The van der Waals surface area contributed by atoms with Crippen molar-refractivity contribution in [3.8, 4) is 17.5 Å². The number of hydrogen-bond acceptors (Lipinski definition) is 6. The highest BCUT2D eigenvalue weighted by Gasteiger charge is 2.17. The van der Waals surface area contributed by atoms with E-state index in [2.05, 4.69) is 10.3 Å². The average Bonchev–Trinajstić information content (AvgIpc) is 3.17. The van der Waals surface area contributed by atoms with Crippen LogP contribution in [0.3, 0.4) is 0 Å². The molecule has 2 aromatic heterocycles. The smallest absolute Gasteiger partial charge is 0.273 e. The first-order valence-electron chi connectivity index (χ1n) is 10.5. The first-order chi connectivity index (χ1) is 16.6. The predicted octanol–water partition coefficient (Wildman–Crippen LogP) is 2.83. The number of anilines is 1. The van der Waals surface area contributed by atoms with E-state index in [-0.39, 0.29) is 15.8 Å². The van der Waals surface area contributed by atoms with Crippen molar-refractivity contribution in [1.29, 1.82) is 5.26 Å². The van der Waals surface area contributed by atoms with Gasteiger partial charge in [0.05, 0.1) is 16.8 Å². The molecule has 4 rings (SSSR count). The normalized spacial score (nSPS) is 12.1. The van der Waals surface area contributed by atoms with Crippen LogP contribution >= 0.6 is 11.3 Å². The molecule has 0 saturated heterocycles. The Bertz CT molecular complexity index is 1520. The molecule has 1 N–H and O–H groups in total. The zero-order valence-corrected chi connectivity index (χ0v) is 19.1. The topological polar surface area (TPSA) is 97.0 Å². The summed E-state index contributed by atoms with van der Waals surface area (Å²) < 4.78 is 7.44. The van der Waals surface area contributed by atoms with Crippen LogP contribution in [0.5, 0.6) is 5.75 Å². The van der Waals surface area contributed by atoms with Gasteiger partial charge >= 0.3 is 0 Å². The van der Waals surface area contributed by atoms with Gasteiger partial charge in [0.25, 0.3) is 11.5 Å². The van der Waals surface area contributed by atoms with E-state index in [1.54, 1.807) is 73.1 Å². The summed E-state index contributed by atoms with van der Waals surface area (Å²) in [6.07, 6.45) is 4.98. The van der Waals surface area contributed by atoms with Crippen molar-refractivity contribution >= 4 is 34.6 Å². The molecule has 0 bridgehead atoms. The summed E-state index contributed by atoms with van der Waals surface area (Å²) in [6, 6.07) is 21.4. The lowest BCUT2D eigenvalue weighted by Gasteiger charge is -2.07. The van der Waals surface area contributed by atoms with Crippen LogP contribution in [0.4, 0.5) is 5.69 Å². The van der Waals surface area contributed by atoms with Crippen molar-refractivity contribution in [2.45, 2.75) is 6.92 Å². The highest BCUT2D eigenvalue weighted by Crippen LogP contribution is 2.16. The standard InChI is InChI=1S/C26H20N4O3S/c1-2-33-21-12-10-19(11-13-21)29-24(31)22(16-27)26-30(20-8-4-3-5-9-20)25(32)23(34-26)15-18-7-6-14-28-17-18/h3-15,17H,2H2,1H3,(H,29,31)/b23-15+,26-22-. The van der Waals surface area contributed by atoms with E-state index in [0.29, 0.717) is 28.3 Å². The van der Waals surface area contributed by atoms with Crippen molar-refractivity contribution < 1.29 is 9.53 Å². The Morgan fingerprint density at radius 3 is 2.56 bits per heavy atom. The molecule has 34 heavy (non-hydrogen) atoms. The summed E-state index contributed by atoms with van der Waals surface area (Å²) in [5, 5.41) is 12.6. The number of carbonyl (C=O) groups excluding carboxylic acids is 1. The fourth-order valence-corrected chi connectivity index (χ4v) is 4.37. The number of nitrogens with zero attached hydrogens (tertiary/aromatic N) is 3. The van der Waals surface area contributed by atoms with Crippen LogP contribution in [0.25, 0.3) is 17.3 Å². The van der Waals surface area contributed by atoms with Gasteiger partial charge in [0, 0.05) is 18.1 Å². The number of benzene rings is 2. The van der Waals surface area contributed by atoms with Crippen molar-refractivity contribution in [2.75, 3.05) is 11.9 Å². The summed E-state index contributed by atoms with van der Waals surface area (Å²) in [5.74, 6) is 0.0715. The van der Waals surface area contributed by atoms with Crippen LogP contribution in [-0.4, -0.2) is 22.1 Å². The predicted molar refractivity (Wildman–Crippen MR) is 132 cm³/mol. The Balaban J connectivity index is 1.86. The quantitative estimate of drug-likeness (QED) is 0.469. The van der Waals surface area contributed by atoms with Gasteiger partial charge in [-0.05, 0) is 61.0 Å². The van der Waals surface area contributed by atoms with Crippen molar-refractivity contribution in [3.63, 3.8) is 0 Å². The third kappa shape index (κ3) is 4.95. The van der Waals surface area contributed by atoms with Gasteiger partial charge in [0.1, 0.15) is 16.5 Å². The molecule has 1 amide bonds. The van der Waals surface area contributed by atoms with E-state index in [0.717, 1.165) is 16.9 Å². The van der Waals surface area contributed by atoms with Gasteiger partial charge < -0.3 is 10.1 Å². The molecule has 7 nitrogen and oxygen atoms in total. The molecule has 0 aliphatic rings. The lowest BCUT2D eigenvalue weighted by molar-refractivity contribution is -0.111. The molecule has 8 heteroatoms. The molecular formula is C26H20N4O3S. The summed E-state index contributed by atoms with van der Waals surface area (Å²) in [6.45, 7) is 2.42. The maximum absolute atomic E-state index is 13.3. The van der Waals surface area contributed by atoms with Crippen molar-refractivity contribution in [3.05, 3.63) is 104 Å². The summed E-state index contributed by atoms with van der Waals surface area (Å²) >= 11 is 1.08. The lowest BCUT2D eigenvalue weighted by Crippen LogP contribution is -2.32. The summed E-state index contributed by atoms with van der Waals surface area (Å²) in [7, 11) is 0. The van der Waals surface area contributed by atoms with Crippen LogP contribution in [0, 0.1) is 11.3 Å². The van der Waals surface area contributed by atoms with Crippen LogP contribution in [0.15, 0.2) is 83.9 Å². The zero-order chi connectivity index (χ0) is 23.9. The minimum atomic E-state index is -0.606. The van der Waals surface area contributed by atoms with E-state index in [9.17, 15) is 14.9 Å². The third-order valence-corrected chi connectivity index (χ3v) is 5.89. The van der Waals surface area contributed by atoms with E-state index in [4.69, 9.17) is 4.74 Å². The fourth-order valence-electron chi connectivity index (χ4n) is 3.26. The number of nitriles is 1. The molecule has 168 valence electrons. The number of aromatic nitrogens is 2. The molecule has 0 unspecified atom stereocenters. The van der Waals surface area contributed by atoms with Crippen molar-refractivity contribution in [2.24, 2.45) is 0 Å². The monoisotopic (exact) mass is 468 g/mol. The maximum Gasteiger partial charge on any atom is 0.273 e. The van der Waals surface area contributed by atoms with Crippen LogP contribution in [-0.2, 0) is 4.79 Å². The molecule has 0 aliphatic carbocycles. The fraction of sp³-hybridized carbons (Fsp3) is 0.0769. The van der Waals surface area contributed by atoms with Crippen molar-refractivity contribution in [1.82, 2.24) is 9.55 Å². The SMILES string of the molecule is CCOc1ccc(NC(=O)/C(C#N)=c2\s/c(=C/c3cccnc3)c(=O)n2-c2ccccc2)cc1. The summed E-state index contributed by atoms with van der Waals surface area (Å²) in [5.41, 5.74) is 1.33. The first-order valence-corrected chi connectivity index (χ1v) is 11.3. The molecule has 0 radical (unpaired) electrons. The van der Waals surface area contributed by atoms with Gasteiger partial charge in [-0.1, -0.05) is 24.3 Å². The van der Waals surface area contributed by atoms with E-state index >= 15 is 0 Å². The second kappa shape index (κ2) is 10.4. The first kappa shape index (κ1) is 22.7. The number of hydrogen-bond donors (Lipinski definition) is 1. The average molecular weight is 469 g/mol. The number of rotatable bonds is 6. The molecule has 0 aliphatic heterocycles. The van der Waals surface area contributed by atoms with Crippen LogP contribution < -0.4 is 24.8 Å². The van der Waals surface area contributed by atoms with Gasteiger partial charge in [-0.15, -0.1) is 11.3 Å². The minimum Gasteiger partial charge on any atom is -0.494 e. The molecule has 0 spiro atoms. The lowest BCUT2D eigenvalue weighted by atomic mass is 10.2. The minimum absolute atomic E-state index is 0.161. The number of ether oxygens (including phenoxy) is 1. The Kier molecular flexibility index (Phi) is 6.96. The third-order valence-electron chi connectivity index (χ3n) is 4.80. The Hall–Kier alpha value is -4.48. The van der Waals surface area contributed by atoms with Gasteiger partial charge in [-0.3, -0.25) is 19.1 Å². The number of pyridine rings is 1. The molecule has 4 aromatic rings. The highest BCUT2D eigenvalue weighted by molar-refractivity contribution is 7.07. The zero-order valence-electron chi connectivity index (χ0n) is 18.3. The van der Waals surface area contributed by atoms with E-state index in [1.165, 1.54) is 4.57 Å². The summed E-state index contributed by atoms with van der Waals surface area (Å²) in [4.78, 5) is 30.5. The molecule has 0 atom stereocenters. The number of nitrogens with one attached hydrogen (secondary N) is 1. The van der Waals surface area contributed by atoms with Gasteiger partial charge in [-0.25, -0.2) is 0 Å².